The number of Topliss-reactive ketones (excluding diaryl/α,β-unsaturated/α-hetero) is 1. The van der Waals surface area contributed by atoms with Crippen molar-refractivity contribution in [1.29, 1.82) is 0 Å². The summed E-state index contributed by atoms with van der Waals surface area (Å²) in [5.74, 6) is 0.138. The van der Waals surface area contributed by atoms with E-state index in [0.717, 1.165) is 21.8 Å². The van der Waals surface area contributed by atoms with Gasteiger partial charge in [-0.05, 0) is 12.1 Å². The molecule has 0 amide bonds. The topological polar surface area (TPSA) is 20.9 Å². The number of hydrogen-bond acceptors (Lipinski definition) is 2. The van der Waals surface area contributed by atoms with Crippen LogP contribution < -0.4 is 21.5 Å². The largest absolute Gasteiger partial charge is 1.00 e. The van der Waals surface area contributed by atoms with Crippen molar-refractivity contribution >= 4 is 17.1 Å². The number of halogens is 1. The van der Waals surface area contributed by atoms with E-state index in [-0.39, 0.29) is 22.8 Å². The van der Waals surface area contributed by atoms with Crippen LogP contribution in [-0.4, -0.2) is 5.78 Å². The quantitative estimate of drug-likeness (QED) is 0.491. The summed E-state index contributed by atoms with van der Waals surface area (Å²) in [7, 11) is 0. The van der Waals surface area contributed by atoms with Crippen LogP contribution in [0.3, 0.4) is 0 Å². The van der Waals surface area contributed by atoms with Crippen molar-refractivity contribution in [2.24, 2.45) is 0 Å². The van der Waals surface area contributed by atoms with Gasteiger partial charge < -0.3 is 17.0 Å². The SMILES string of the molecule is Cc1scc(-c2ccccc2)[n+]1CC(=O)c1ccccc1.[Br-]. The summed E-state index contributed by atoms with van der Waals surface area (Å²) in [5, 5.41) is 3.25. The minimum absolute atomic E-state index is 0. The van der Waals surface area contributed by atoms with E-state index in [1.165, 1.54) is 0 Å². The second-order valence-corrected chi connectivity index (χ2v) is 5.94. The Balaban J connectivity index is 0.00000176. The summed E-state index contributed by atoms with van der Waals surface area (Å²) in [6.45, 7) is 2.43. The Morgan fingerprint density at radius 1 is 1.00 bits per heavy atom. The molecule has 0 bridgehead atoms. The smallest absolute Gasteiger partial charge is 0.235 e. The van der Waals surface area contributed by atoms with E-state index in [0.29, 0.717) is 6.54 Å². The first-order valence-corrected chi connectivity index (χ1v) is 7.75. The van der Waals surface area contributed by atoms with Crippen LogP contribution in [0.2, 0.25) is 0 Å². The fourth-order valence-corrected chi connectivity index (χ4v) is 3.16. The molecule has 0 N–H and O–H groups in total. The molecule has 0 spiro atoms. The summed E-state index contributed by atoms with van der Waals surface area (Å²) in [6.07, 6.45) is 0. The molecule has 0 unspecified atom stereocenters. The van der Waals surface area contributed by atoms with Crippen molar-refractivity contribution in [1.82, 2.24) is 0 Å². The van der Waals surface area contributed by atoms with E-state index in [4.69, 9.17) is 0 Å². The zero-order valence-corrected chi connectivity index (χ0v) is 14.6. The molecular formula is C18H16BrNOS. The van der Waals surface area contributed by atoms with Gasteiger partial charge in [0.15, 0.2) is 0 Å². The summed E-state index contributed by atoms with van der Waals surface area (Å²) in [6, 6.07) is 19.7. The maximum Gasteiger partial charge on any atom is 0.235 e. The Bertz CT molecular complexity index is 753. The molecule has 0 atom stereocenters. The molecule has 2 aromatic carbocycles. The minimum atomic E-state index is 0. The third kappa shape index (κ3) is 3.51. The second-order valence-electron chi connectivity index (χ2n) is 4.88. The molecule has 3 rings (SSSR count). The second kappa shape index (κ2) is 7.47. The maximum absolute atomic E-state index is 12.4. The van der Waals surface area contributed by atoms with E-state index in [2.05, 4.69) is 29.0 Å². The van der Waals surface area contributed by atoms with Crippen LogP contribution >= 0.6 is 11.3 Å². The number of hydrogen-bond donors (Lipinski definition) is 0. The highest BCUT2D eigenvalue weighted by Crippen LogP contribution is 2.19. The number of ketones is 1. The van der Waals surface area contributed by atoms with E-state index in [9.17, 15) is 4.79 Å². The van der Waals surface area contributed by atoms with Crippen LogP contribution in [-0.2, 0) is 6.54 Å². The van der Waals surface area contributed by atoms with Crippen molar-refractivity contribution in [2.75, 3.05) is 0 Å². The van der Waals surface area contributed by atoms with Crippen molar-refractivity contribution in [3.05, 3.63) is 76.6 Å². The number of aromatic nitrogens is 1. The average molecular weight is 374 g/mol. The molecule has 0 saturated heterocycles. The van der Waals surface area contributed by atoms with Gasteiger partial charge in [0, 0.05) is 18.1 Å². The van der Waals surface area contributed by atoms with E-state index in [1.807, 2.05) is 48.5 Å². The Morgan fingerprint density at radius 3 is 2.23 bits per heavy atom. The predicted octanol–water partition coefficient (Wildman–Crippen LogP) is 0.898. The molecule has 0 radical (unpaired) electrons. The lowest BCUT2D eigenvalue weighted by molar-refractivity contribution is -0.673. The summed E-state index contributed by atoms with van der Waals surface area (Å²) in [5.41, 5.74) is 3.00. The standard InChI is InChI=1S/C18H16NOS.BrH/c1-14-19(12-18(20)16-10-6-3-7-11-16)17(13-21-14)15-8-4-2-5-9-15;/h2-11,13H,12H2,1H3;1H/q+1;/p-1. The zero-order chi connectivity index (χ0) is 14.7. The van der Waals surface area contributed by atoms with Gasteiger partial charge in [0.05, 0.1) is 5.38 Å². The highest BCUT2D eigenvalue weighted by molar-refractivity contribution is 7.09. The molecule has 22 heavy (non-hydrogen) atoms. The van der Waals surface area contributed by atoms with Crippen LogP contribution in [0.1, 0.15) is 15.4 Å². The number of carbonyl (C=O) groups is 1. The lowest BCUT2D eigenvalue weighted by Gasteiger charge is -2.01. The van der Waals surface area contributed by atoms with E-state index in [1.54, 1.807) is 11.3 Å². The van der Waals surface area contributed by atoms with Crippen LogP contribution in [0.5, 0.6) is 0 Å². The molecule has 3 aromatic rings. The zero-order valence-electron chi connectivity index (χ0n) is 12.2. The fourth-order valence-electron chi connectivity index (χ4n) is 2.33. The minimum Gasteiger partial charge on any atom is -1.00 e. The maximum atomic E-state index is 12.4. The van der Waals surface area contributed by atoms with E-state index < -0.39 is 0 Å². The molecule has 112 valence electrons. The van der Waals surface area contributed by atoms with Gasteiger partial charge in [0.1, 0.15) is 0 Å². The number of rotatable bonds is 4. The molecule has 0 fully saturated rings. The van der Waals surface area contributed by atoms with Gasteiger partial charge in [-0.1, -0.05) is 59.9 Å². The number of benzene rings is 2. The van der Waals surface area contributed by atoms with Crippen LogP contribution in [0, 0.1) is 6.92 Å². The Hall–Kier alpha value is -1.78. The van der Waals surface area contributed by atoms with Crippen molar-refractivity contribution in [2.45, 2.75) is 13.5 Å². The van der Waals surface area contributed by atoms with Gasteiger partial charge in [-0.15, -0.1) is 0 Å². The summed E-state index contributed by atoms with van der Waals surface area (Å²) < 4.78 is 2.09. The molecular weight excluding hydrogens is 358 g/mol. The van der Waals surface area contributed by atoms with Gasteiger partial charge in [0.25, 0.3) is 0 Å². The molecule has 0 saturated carbocycles. The Kier molecular flexibility index (Phi) is 5.63. The first kappa shape index (κ1) is 16.6. The Labute approximate surface area is 144 Å². The van der Waals surface area contributed by atoms with Gasteiger partial charge in [-0.3, -0.25) is 4.79 Å². The summed E-state index contributed by atoms with van der Waals surface area (Å²) in [4.78, 5) is 12.4. The van der Waals surface area contributed by atoms with Crippen molar-refractivity contribution in [3.8, 4) is 11.3 Å². The fraction of sp³-hybridized carbons (Fsp3) is 0.111. The highest BCUT2D eigenvalue weighted by Gasteiger charge is 2.22. The number of aryl methyl sites for hydroxylation is 1. The average Bonchev–Trinajstić information content (AvgIpc) is 2.90. The normalized spacial score (nSPS) is 10.0. The molecule has 2 nitrogen and oxygen atoms in total. The van der Waals surface area contributed by atoms with Crippen molar-refractivity contribution in [3.63, 3.8) is 0 Å². The molecule has 0 aliphatic rings. The van der Waals surface area contributed by atoms with Crippen LogP contribution in [0.4, 0.5) is 0 Å². The molecule has 0 aliphatic carbocycles. The Morgan fingerprint density at radius 2 is 1.59 bits per heavy atom. The molecule has 4 heteroatoms. The monoisotopic (exact) mass is 373 g/mol. The molecule has 0 aliphatic heterocycles. The molecule has 1 aromatic heterocycles. The lowest BCUT2D eigenvalue weighted by Crippen LogP contribution is -3.00. The first-order valence-electron chi connectivity index (χ1n) is 6.87. The lowest BCUT2D eigenvalue weighted by atomic mass is 10.1. The number of nitrogens with zero attached hydrogens (tertiary/aromatic N) is 1. The third-order valence-corrected chi connectivity index (χ3v) is 4.38. The van der Waals surface area contributed by atoms with Crippen LogP contribution in [0.15, 0.2) is 66.0 Å². The highest BCUT2D eigenvalue weighted by atomic mass is 79.9. The third-order valence-electron chi connectivity index (χ3n) is 3.48. The summed E-state index contributed by atoms with van der Waals surface area (Å²) >= 11 is 1.67. The van der Waals surface area contributed by atoms with Gasteiger partial charge in [0.2, 0.25) is 23.0 Å². The number of carbonyl (C=O) groups excluding carboxylic acids is 1. The first-order chi connectivity index (χ1) is 10.3. The number of thiazole rings is 1. The van der Waals surface area contributed by atoms with E-state index >= 15 is 0 Å². The van der Waals surface area contributed by atoms with Crippen LogP contribution in [0.25, 0.3) is 11.3 Å². The van der Waals surface area contributed by atoms with Gasteiger partial charge in [-0.2, -0.15) is 4.57 Å². The molecule has 1 heterocycles. The van der Waals surface area contributed by atoms with Gasteiger partial charge in [-0.25, -0.2) is 0 Å². The predicted molar refractivity (Wildman–Crippen MR) is 85.5 cm³/mol. The van der Waals surface area contributed by atoms with Crippen molar-refractivity contribution < 1.29 is 26.3 Å². The van der Waals surface area contributed by atoms with Gasteiger partial charge >= 0.3 is 0 Å².